The van der Waals surface area contributed by atoms with Gasteiger partial charge in [-0.1, -0.05) is 31.2 Å². The molecular weight excluding hydrogens is 226 g/mol. The molecule has 0 radical (unpaired) electrons. The lowest BCUT2D eigenvalue weighted by molar-refractivity contribution is -0.139. The van der Waals surface area contributed by atoms with Gasteiger partial charge in [-0.15, -0.1) is 0 Å². The molecule has 98 valence electrons. The summed E-state index contributed by atoms with van der Waals surface area (Å²) < 4.78 is 0. The molecule has 1 aliphatic rings. The van der Waals surface area contributed by atoms with Crippen molar-refractivity contribution in [3.8, 4) is 0 Å². The molecule has 3 N–H and O–H groups in total. The highest BCUT2D eigenvalue weighted by molar-refractivity contribution is 5.70. The van der Waals surface area contributed by atoms with E-state index in [0.717, 1.165) is 31.2 Å². The molecule has 1 aliphatic carbocycles. The summed E-state index contributed by atoms with van der Waals surface area (Å²) in [5, 5.41) is 9.25. The van der Waals surface area contributed by atoms with Crippen LogP contribution >= 0.6 is 0 Å². The van der Waals surface area contributed by atoms with E-state index in [4.69, 9.17) is 5.73 Å². The number of carbonyl (C=O) groups is 1. The lowest BCUT2D eigenvalue weighted by Gasteiger charge is -2.42. The average Bonchev–Trinajstić information content (AvgIpc) is 2.37. The SMILES string of the molecule is CCC(N)C1(CC(=O)O)CCCc2ccccc21. The van der Waals surface area contributed by atoms with Crippen molar-refractivity contribution >= 4 is 5.97 Å². The first kappa shape index (κ1) is 13.1. The number of benzene rings is 1. The molecule has 0 aliphatic heterocycles. The lowest BCUT2D eigenvalue weighted by atomic mass is 9.63. The highest BCUT2D eigenvalue weighted by atomic mass is 16.4. The van der Waals surface area contributed by atoms with Gasteiger partial charge in [0.15, 0.2) is 0 Å². The van der Waals surface area contributed by atoms with E-state index < -0.39 is 5.97 Å². The molecule has 0 heterocycles. The number of carboxylic acids is 1. The van der Waals surface area contributed by atoms with Crippen LogP contribution in [0, 0.1) is 0 Å². The highest BCUT2D eigenvalue weighted by Crippen LogP contribution is 2.42. The second kappa shape index (κ2) is 5.11. The molecule has 0 saturated heterocycles. The Balaban J connectivity index is 2.51. The van der Waals surface area contributed by atoms with Crippen LogP contribution in [-0.2, 0) is 16.6 Å². The lowest BCUT2D eigenvalue weighted by Crippen LogP contribution is -2.48. The van der Waals surface area contributed by atoms with E-state index in [9.17, 15) is 9.90 Å². The number of aryl methyl sites for hydroxylation is 1. The Bertz CT molecular complexity index is 444. The maximum absolute atomic E-state index is 11.2. The zero-order valence-electron chi connectivity index (χ0n) is 10.9. The first-order valence-electron chi connectivity index (χ1n) is 6.66. The van der Waals surface area contributed by atoms with Crippen LogP contribution < -0.4 is 5.73 Å². The largest absolute Gasteiger partial charge is 0.481 e. The molecule has 18 heavy (non-hydrogen) atoms. The van der Waals surface area contributed by atoms with Crippen LogP contribution in [0.5, 0.6) is 0 Å². The highest BCUT2D eigenvalue weighted by Gasteiger charge is 2.42. The molecule has 2 atom stereocenters. The smallest absolute Gasteiger partial charge is 0.304 e. The predicted octanol–water partition coefficient (Wildman–Crippen LogP) is 2.47. The minimum absolute atomic E-state index is 0.0879. The maximum Gasteiger partial charge on any atom is 0.304 e. The summed E-state index contributed by atoms with van der Waals surface area (Å²) in [7, 11) is 0. The number of rotatable bonds is 4. The summed E-state index contributed by atoms with van der Waals surface area (Å²) in [5.41, 5.74) is 8.34. The van der Waals surface area contributed by atoms with Crippen molar-refractivity contribution in [1.29, 1.82) is 0 Å². The third-order valence-electron chi connectivity index (χ3n) is 4.24. The Kier molecular flexibility index (Phi) is 3.71. The van der Waals surface area contributed by atoms with E-state index in [1.807, 2.05) is 19.1 Å². The van der Waals surface area contributed by atoms with E-state index in [1.54, 1.807) is 0 Å². The normalized spacial score (nSPS) is 24.3. The van der Waals surface area contributed by atoms with Gasteiger partial charge < -0.3 is 10.8 Å². The van der Waals surface area contributed by atoms with Crippen molar-refractivity contribution in [2.24, 2.45) is 5.73 Å². The minimum atomic E-state index is -0.754. The van der Waals surface area contributed by atoms with Crippen molar-refractivity contribution in [1.82, 2.24) is 0 Å². The topological polar surface area (TPSA) is 63.3 Å². The minimum Gasteiger partial charge on any atom is -0.481 e. The molecule has 0 bridgehead atoms. The van der Waals surface area contributed by atoms with Gasteiger partial charge in [0.2, 0.25) is 0 Å². The Morgan fingerprint density at radius 1 is 1.50 bits per heavy atom. The molecule has 0 spiro atoms. The number of nitrogens with two attached hydrogens (primary N) is 1. The van der Waals surface area contributed by atoms with Gasteiger partial charge in [0.25, 0.3) is 0 Å². The first-order chi connectivity index (χ1) is 8.60. The zero-order valence-corrected chi connectivity index (χ0v) is 10.9. The Labute approximate surface area is 108 Å². The van der Waals surface area contributed by atoms with Crippen LogP contribution in [0.3, 0.4) is 0 Å². The zero-order chi connectivity index (χ0) is 13.2. The molecule has 3 heteroatoms. The number of fused-ring (bicyclic) bond motifs is 1. The van der Waals surface area contributed by atoms with Gasteiger partial charge in [-0.2, -0.15) is 0 Å². The van der Waals surface area contributed by atoms with Gasteiger partial charge in [0.05, 0.1) is 6.42 Å². The summed E-state index contributed by atoms with van der Waals surface area (Å²) in [6, 6.07) is 8.09. The first-order valence-corrected chi connectivity index (χ1v) is 6.66. The van der Waals surface area contributed by atoms with E-state index in [2.05, 4.69) is 12.1 Å². The van der Waals surface area contributed by atoms with Gasteiger partial charge >= 0.3 is 5.97 Å². The van der Waals surface area contributed by atoms with Gasteiger partial charge in [0, 0.05) is 11.5 Å². The summed E-state index contributed by atoms with van der Waals surface area (Å²) >= 11 is 0. The third kappa shape index (κ3) is 2.15. The summed E-state index contributed by atoms with van der Waals surface area (Å²) in [4.78, 5) is 11.2. The van der Waals surface area contributed by atoms with Crippen LogP contribution in [-0.4, -0.2) is 17.1 Å². The van der Waals surface area contributed by atoms with Crippen molar-refractivity contribution in [3.05, 3.63) is 35.4 Å². The van der Waals surface area contributed by atoms with Crippen LogP contribution in [0.4, 0.5) is 0 Å². The Morgan fingerprint density at radius 3 is 2.89 bits per heavy atom. The van der Waals surface area contributed by atoms with Crippen LogP contribution in [0.15, 0.2) is 24.3 Å². The van der Waals surface area contributed by atoms with Crippen molar-refractivity contribution < 1.29 is 9.90 Å². The van der Waals surface area contributed by atoms with Crippen molar-refractivity contribution in [2.45, 2.75) is 50.5 Å². The summed E-state index contributed by atoms with van der Waals surface area (Å²) in [6.45, 7) is 2.03. The van der Waals surface area contributed by atoms with Crippen molar-refractivity contribution in [3.63, 3.8) is 0 Å². The molecule has 2 unspecified atom stereocenters. The fraction of sp³-hybridized carbons (Fsp3) is 0.533. The van der Waals surface area contributed by atoms with Gasteiger partial charge in [-0.05, 0) is 36.8 Å². The molecule has 0 fully saturated rings. The van der Waals surface area contributed by atoms with E-state index in [-0.39, 0.29) is 17.9 Å². The standard InChI is InChI=1S/C15H21NO2/c1-2-13(16)15(10-14(17)18)9-5-7-11-6-3-4-8-12(11)15/h3-4,6,8,13H,2,5,7,9-10,16H2,1H3,(H,17,18). The fourth-order valence-electron chi connectivity index (χ4n) is 3.31. The maximum atomic E-state index is 11.2. The molecule has 0 saturated carbocycles. The molecule has 0 aromatic heterocycles. The van der Waals surface area contributed by atoms with Gasteiger partial charge in [-0.3, -0.25) is 4.79 Å². The van der Waals surface area contributed by atoms with E-state index >= 15 is 0 Å². The Morgan fingerprint density at radius 2 is 2.22 bits per heavy atom. The predicted molar refractivity (Wildman–Crippen MR) is 71.6 cm³/mol. The number of hydrogen-bond donors (Lipinski definition) is 2. The second-order valence-electron chi connectivity index (χ2n) is 5.25. The number of hydrogen-bond acceptors (Lipinski definition) is 2. The molecule has 1 aromatic rings. The van der Waals surface area contributed by atoms with Crippen LogP contribution in [0.1, 0.15) is 43.7 Å². The molecule has 2 rings (SSSR count). The van der Waals surface area contributed by atoms with Gasteiger partial charge in [-0.25, -0.2) is 0 Å². The molecule has 3 nitrogen and oxygen atoms in total. The quantitative estimate of drug-likeness (QED) is 0.859. The number of aliphatic carboxylic acids is 1. The Hall–Kier alpha value is -1.35. The summed E-state index contributed by atoms with van der Waals surface area (Å²) in [5.74, 6) is -0.754. The number of carboxylic acid groups (broad SMARTS) is 1. The molecule has 1 aromatic carbocycles. The third-order valence-corrected chi connectivity index (χ3v) is 4.24. The second-order valence-corrected chi connectivity index (χ2v) is 5.25. The van der Waals surface area contributed by atoms with Gasteiger partial charge in [0.1, 0.15) is 0 Å². The van der Waals surface area contributed by atoms with Crippen molar-refractivity contribution in [2.75, 3.05) is 0 Å². The average molecular weight is 247 g/mol. The summed E-state index contributed by atoms with van der Waals surface area (Å²) in [6.07, 6.45) is 3.89. The fourth-order valence-corrected chi connectivity index (χ4v) is 3.31. The van der Waals surface area contributed by atoms with E-state index in [1.165, 1.54) is 5.56 Å². The van der Waals surface area contributed by atoms with Crippen LogP contribution in [0.2, 0.25) is 0 Å². The molecule has 0 amide bonds. The monoisotopic (exact) mass is 247 g/mol. The molecular formula is C15H21NO2. The van der Waals surface area contributed by atoms with E-state index in [0.29, 0.717) is 0 Å². The van der Waals surface area contributed by atoms with Crippen LogP contribution in [0.25, 0.3) is 0 Å².